The van der Waals surface area contributed by atoms with Crippen LogP contribution in [0.4, 0.5) is 4.79 Å². The van der Waals surface area contributed by atoms with Gasteiger partial charge in [-0.3, -0.25) is 4.79 Å². The maximum absolute atomic E-state index is 12.1. The second-order valence-electron chi connectivity index (χ2n) is 6.18. The summed E-state index contributed by atoms with van der Waals surface area (Å²) >= 11 is 7.21. The quantitative estimate of drug-likeness (QED) is 0.415. The molecule has 0 aliphatic carbocycles. The predicted octanol–water partition coefficient (Wildman–Crippen LogP) is 5.03. The molecule has 1 amide bonds. The zero-order valence-electron chi connectivity index (χ0n) is 15.1. The lowest BCUT2D eigenvalue weighted by atomic mass is 10.1. The van der Waals surface area contributed by atoms with Crippen molar-refractivity contribution in [2.75, 3.05) is 11.6 Å². The Morgan fingerprint density at radius 2 is 1.68 bits per heavy atom. The fraction of sp³-hybridized carbons (Fsp3) is 0.182. The van der Waals surface area contributed by atoms with Gasteiger partial charge < -0.3 is 10.1 Å². The van der Waals surface area contributed by atoms with Crippen LogP contribution in [0.5, 0.6) is 0 Å². The highest BCUT2D eigenvalue weighted by atomic mass is 35.5. The highest BCUT2D eigenvalue weighted by molar-refractivity contribution is 7.99. The molecule has 1 N–H and O–H groups in total. The van der Waals surface area contributed by atoms with Gasteiger partial charge in [0.2, 0.25) is 0 Å². The van der Waals surface area contributed by atoms with Crippen LogP contribution in [0.25, 0.3) is 10.8 Å². The van der Waals surface area contributed by atoms with E-state index in [1.165, 1.54) is 11.8 Å². The minimum Gasteiger partial charge on any atom is -0.445 e. The van der Waals surface area contributed by atoms with Crippen molar-refractivity contribution in [3.05, 3.63) is 78.4 Å². The maximum atomic E-state index is 12.1. The Morgan fingerprint density at radius 3 is 2.43 bits per heavy atom. The van der Waals surface area contributed by atoms with Gasteiger partial charge in [-0.2, -0.15) is 0 Å². The van der Waals surface area contributed by atoms with E-state index in [0.29, 0.717) is 5.75 Å². The summed E-state index contributed by atoms with van der Waals surface area (Å²) in [6, 6.07) is 22.8. The molecular formula is C22H20ClNO3S. The highest BCUT2D eigenvalue weighted by Crippen LogP contribution is 2.24. The standard InChI is InChI=1S/C22H20ClNO3S/c23-13-21(25)20(24-22(26)27-14-16-6-2-1-3-7-16)15-28-19-11-10-17-8-4-5-9-18(17)12-19/h1-12,20H,13-15H2,(H,24,26)/t20-/m0/s1. The number of carbonyl (C=O) groups is 2. The van der Waals surface area contributed by atoms with Crippen LogP contribution < -0.4 is 5.32 Å². The molecule has 3 rings (SSSR count). The summed E-state index contributed by atoms with van der Waals surface area (Å²) in [5.41, 5.74) is 0.878. The molecule has 4 nitrogen and oxygen atoms in total. The van der Waals surface area contributed by atoms with Gasteiger partial charge in [-0.1, -0.05) is 60.7 Å². The molecule has 0 heterocycles. The summed E-state index contributed by atoms with van der Waals surface area (Å²) in [6.07, 6.45) is -0.633. The van der Waals surface area contributed by atoms with Crippen molar-refractivity contribution < 1.29 is 14.3 Å². The number of nitrogens with one attached hydrogen (secondary N) is 1. The molecule has 0 aliphatic heterocycles. The van der Waals surface area contributed by atoms with Crippen LogP contribution in [-0.4, -0.2) is 29.6 Å². The number of rotatable bonds is 8. The molecular weight excluding hydrogens is 394 g/mol. The summed E-state index contributed by atoms with van der Waals surface area (Å²) < 4.78 is 5.21. The van der Waals surface area contributed by atoms with Crippen LogP contribution in [0.3, 0.4) is 0 Å². The molecule has 3 aromatic rings. The van der Waals surface area contributed by atoms with Gasteiger partial charge in [0.15, 0.2) is 5.78 Å². The molecule has 28 heavy (non-hydrogen) atoms. The Bertz CT molecular complexity index is 949. The highest BCUT2D eigenvalue weighted by Gasteiger charge is 2.21. The summed E-state index contributed by atoms with van der Waals surface area (Å²) in [5, 5.41) is 4.91. The number of carbonyl (C=O) groups excluding carboxylic acids is 2. The fourth-order valence-electron chi connectivity index (χ4n) is 2.65. The molecule has 0 unspecified atom stereocenters. The van der Waals surface area contributed by atoms with E-state index in [0.717, 1.165) is 21.2 Å². The number of benzene rings is 3. The first-order chi connectivity index (χ1) is 13.7. The number of hydrogen-bond donors (Lipinski definition) is 1. The Labute approximate surface area is 173 Å². The zero-order chi connectivity index (χ0) is 19.8. The van der Waals surface area contributed by atoms with E-state index in [9.17, 15) is 9.59 Å². The predicted molar refractivity (Wildman–Crippen MR) is 114 cm³/mol. The number of alkyl carbamates (subject to hydrolysis) is 1. The number of amides is 1. The number of hydrogen-bond acceptors (Lipinski definition) is 4. The Kier molecular flexibility index (Phi) is 7.34. The van der Waals surface area contributed by atoms with Gasteiger partial charge in [0.25, 0.3) is 0 Å². The number of thioether (sulfide) groups is 1. The van der Waals surface area contributed by atoms with E-state index < -0.39 is 12.1 Å². The van der Waals surface area contributed by atoms with Gasteiger partial charge in [-0.15, -0.1) is 23.4 Å². The molecule has 0 saturated heterocycles. The first-order valence-corrected chi connectivity index (χ1v) is 10.4. The summed E-state index contributed by atoms with van der Waals surface area (Å²) in [7, 11) is 0. The molecule has 0 fully saturated rings. The number of halogens is 1. The van der Waals surface area contributed by atoms with Gasteiger partial charge in [0.1, 0.15) is 12.6 Å². The van der Waals surface area contributed by atoms with Crippen LogP contribution in [0.15, 0.2) is 77.7 Å². The lowest BCUT2D eigenvalue weighted by Gasteiger charge is -2.16. The second-order valence-corrected chi connectivity index (χ2v) is 7.54. The number of ether oxygens (including phenoxy) is 1. The van der Waals surface area contributed by atoms with Crippen molar-refractivity contribution in [2.45, 2.75) is 17.5 Å². The smallest absolute Gasteiger partial charge is 0.408 e. The molecule has 3 aromatic carbocycles. The Balaban J connectivity index is 1.58. The lowest BCUT2D eigenvalue weighted by molar-refractivity contribution is -0.118. The van der Waals surface area contributed by atoms with Crippen molar-refractivity contribution in [3.8, 4) is 0 Å². The monoisotopic (exact) mass is 413 g/mol. The van der Waals surface area contributed by atoms with Crippen molar-refractivity contribution in [3.63, 3.8) is 0 Å². The van der Waals surface area contributed by atoms with Crippen molar-refractivity contribution >= 4 is 46.0 Å². The van der Waals surface area contributed by atoms with E-state index in [4.69, 9.17) is 16.3 Å². The second kappa shape index (κ2) is 10.2. The third-order valence-electron chi connectivity index (χ3n) is 4.16. The molecule has 0 aliphatic rings. The average Bonchev–Trinajstić information content (AvgIpc) is 2.75. The van der Waals surface area contributed by atoms with Crippen LogP contribution >= 0.6 is 23.4 Å². The number of fused-ring (bicyclic) bond motifs is 1. The summed E-state index contributed by atoms with van der Waals surface area (Å²) in [5.74, 6) is -0.0293. The molecule has 6 heteroatoms. The average molecular weight is 414 g/mol. The third kappa shape index (κ3) is 5.75. The van der Waals surface area contributed by atoms with Crippen LogP contribution in [0, 0.1) is 0 Å². The van der Waals surface area contributed by atoms with Gasteiger partial charge in [-0.05, 0) is 28.5 Å². The van der Waals surface area contributed by atoms with Crippen molar-refractivity contribution in [1.29, 1.82) is 0 Å². The van der Waals surface area contributed by atoms with E-state index >= 15 is 0 Å². The van der Waals surface area contributed by atoms with Crippen LogP contribution in [0.2, 0.25) is 0 Å². The minimum atomic E-state index is -0.711. The van der Waals surface area contributed by atoms with Gasteiger partial charge in [-0.25, -0.2) is 4.79 Å². The summed E-state index contributed by atoms with van der Waals surface area (Å²) in [6.45, 7) is 0.145. The lowest BCUT2D eigenvalue weighted by Crippen LogP contribution is -2.43. The normalized spacial score (nSPS) is 11.8. The number of alkyl halides is 1. The van der Waals surface area contributed by atoms with Crippen LogP contribution in [-0.2, 0) is 16.1 Å². The topological polar surface area (TPSA) is 55.4 Å². The first kappa shape index (κ1) is 20.2. The third-order valence-corrected chi connectivity index (χ3v) is 5.51. The molecule has 0 radical (unpaired) electrons. The fourth-order valence-corrected chi connectivity index (χ4v) is 3.84. The number of Topliss-reactive ketones (excluding diaryl/α,β-unsaturated/α-hetero) is 1. The Morgan fingerprint density at radius 1 is 0.964 bits per heavy atom. The largest absolute Gasteiger partial charge is 0.445 e. The van der Waals surface area contributed by atoms with Gasteiger partial charge in [0.05, 0.1) is 5.88 Å². The van der Waals surface area contributed by atoms with E-state index in [1.54, 1.807) is 0 Å². The zero-order valence-corrected chi connectivity index (χ0v) is 16.7. The van der Waals surface area contributed by atoms with Crippen molar-refractivity contribution in [1.82, 2.24) is 5.32 Å². The minimum absolute atomic E-state index is 0.145. The van der Waals surface area contributed by atoms with Gasteiger partial charge in [0, 0.05) is 10.6 Å². The molecule has 0 bridgehead atoms. The van der Waals surface area contributed by atoms with Gasteiger partial charge >= 0.3 is 6.09 Å². The van der Waals surface area contributed by atoms with E-state index in [1.807, 2.05) is 66.7 Å². The Hall–Kier alpha value is -2.50. The SMILES string of the molecule is O=C(N[C@@H](CSc1ccc2ccccc2c1)C(=O)CCl)OCc1ccccc1. The number of ketones is 1. The molecule has 144 valence electrons. The molecule has 0 aromatic heterocycles. The maximum Gasteiger partial charge on any atom is 0.408 e. The van der Waals surface area contributed by atoms with E-state index in [2.05, 4.69) is 11.4 Å². The molecule has 0 spiro atoms. The van der Waals surface area contributed by atoms with Crippen LogP contribution in [0.1, 0.15) is 5.56 Å². The van der Waals surface area contributed by atoms with E-state index in [-0.39, 0.29) is 18.3 Å². The summed E-state index contributed by atoms with van der Waals surface area (Å²) in [4.78, 5) is 25.3. The first-order valence-electron chi connectivity index (χ1n) is 8.83. The molecule has 1 atom stereocenters. The molecule has 0 saturated carbocycles. The van der Waals surface area contributed by atoms with Crippen molar-refractivity contribution in [2.24, 2.45) is 0 Å².